The second-order valence-electron chi connectivity index (χ2n) is 5.46. The molecule has 0 aromatic heterocycles. The molecule has 118 valence electrons. The van der Waals surface area contributed by atoms with Crippen molar-refractivity contribution in [2.75, 3.05) is 7.05 Å². The van der Waals surface area contributed by atoms with Crippen molar-refractivity contribution in [1.82, 2.24) is 4.90 Å². The summed E-state index contributed by atoms with van der Waals surface area (Å²) in [6.45, 7) is 0.448. The molecule has 0 bridgehead atoms. The van der Waals surface area contributed by atoms with Crippen molar-refractivity contribution in [3.63, 3.8) is 0 Å². The number of carbonyl (C=O) groups excluding carboxylic acids is 1. The lowest BCUT2D eigenvalue weighted by Gasteiger charge is -2.26. The Morgan fingerprint density at radius 1 is 1.17 bits per heavy atom. The zero-order chi connectivity index (χ0) is 16.6. The summed E-state index contributed by atoms with van der Waals surface area (Å²) in [7, 11) is 1.63. The van der Waals surface area contributed by atoms with E-state index in [1.165, 1.54) is 4.90 Å². The summed E-state index contributed by atoms with van der Waals surface area (Å²) < 4.78 is 0.879. The average molecular weight is 373 g/mol. The van der Waals surface area contributed by atoms with E-state index < -0.39 is 5.54 Å². The van der Waals surface area contributed by atoms with Crippen LogP contribution in [0.3, 0.4) is 0 Å². The van der Waals surface area contributed by atoms with Crippen molar-refractivity contribution in [2.24, 2.45) is 16.5 Å². The molecule has 1 atom stereocenters. The largest absolute Gasteiger partial charge is 0.369 e. The molecule has 1 aliphatic heterocycles. The normalized spacial score (nSPS) is 20.7. The number of nitrogens with two attached hydrogens (primary N) is 2. The van der Waals surface area contributed by atoms with Gasteiger partial charge < -0.3 is 11.5 Å². The van der Waals surface area contributed by atoms with Crippen LogP contribution in [-0.2, 0) is 16.9 Å². The van der Waals surface area contributed by atoms with Gasteiger partial charge in [-0.2, -0.15) is 0 Å². The first-order chi connectivity index (χ1) is 11.0. The third-order valence-corrected chi connectivity index (χ3v) is 4.58. The number of rotatable bonds is 3. The van der Waals surface area contributed by atoms with Gasteiger partial charge in [0.2, 0.25) is 0 Å². The second kappa shape index (κ2) is 5.79. The Bertz CT molecular complexity index is 787. The maximum absolute atomic E-state index is 13.0. The van der Waals surface area contributed by atoms with Crippen molar-refractivity contribution < 1.29 is 4.79 Å². The summed E-state index contributed by atoms with van der Waals surface area (Å²) in [5.74, 6) is 0.0338. The number of aliphatic imine (C=N–C) groups is 1. The van der Waals surface area contributed by atoms with Gasteiger partial charge in [0, 0.05) is 18.1 Å². The third kappa shape index (κ3) is 2.44. The zero-order valence-corrected chi connectivity index (χ0v) is 14.2. The van der Waals surface area contributed by atoms with E-state index >= 15 is 0 Å². The lowest BCUT2D eigenvalue weighted by Crippen LogP contribution is -2.41. The number of halogens is 1. The van der Waals surface area contributed by atoms with Crippen LogP contribution in [0.15, 0.2) is 58.0 Å². The molecule has 0 saturated heterocycles. The zero-order valence-electron chi connectivity index (χ0n) is 12.7. The summed E-state index contributed by atoms with van der Waals surface area (Å²) in [5, 5.41) is 0. The van der Waals surface area contributed by atoms with E-state index in [1.807, 2.05) is 48.5 Å². The van der Waals surface area contributed by atoms with Gasteiger partial charge in [-0.1, -0.05) is 52.3 Å². The van der Waals surface area contributed by atoms with Crippen LogP contribution >= 0.6 is 15.9 Å². The Hall–Kier alpha value is -2.18. The minimum Gasteiger partial charge on any atom is -0.369 e. The summed E-state index contributed by atoms with van der Waals surface area (Å²) in [6, 6.07) is 15.2. The molecule has 6 heteroatoms. The molecule has 2 aromatic carbocycles. The smallest absolute Gasteiger partial charge is 0.266 e. The topological polar surface area (TPSA) is 84.7 Å². The Kier molecular flexibility index (Phi) is 3.95. The maximum Gasteiger partial charge on any atom is 0.266 e. The fourth-order valence-electron chi connectivity index (χ4n) is 2.78. The van der Waals surface area contributed by atoms with Crippen molar-refractivity contribution in [2.45, 2.75) is 12.1 Å². The Balaban J connectivity index is 2.24. The van der Waals surface area contributed by atoms with Gasteiger partial charge in [-0.15, -0.1) is 0 Å². The van der Waals surface area contributed by atoms with Gasteiger partial charge in [0.05, 0.1) is 0 Å². The predicted molar refractivity (Wildman–Crippen MR) is 93.6 cm³/mol. The molecule has 0 radical (unpaired) electrons. The highest BCUT2D eigenvalue weighted by atomic mass is 79.9. The van der Waals surface area contributed by atoms with E-state index in [1.54, 1.807) is 7.05 Å². The van der Waals surface area contributed by atoms with E-state index in [-0.39, 0.29) is 11.9 Å². The molecule has 23 heavy (non-hydrogen) atoms. The van der Waals surface area contributed by atoms with Crippen LogP contribution in [0.4, 0.5) is 0 Å². The molecule has 5 nitrogen and oxygen atoms in total. The number of nitrogens with zero attached hydrogens (tertiary/aromatic N) is 2. The van der Waals surface area contributed by atoms with Crippen molar-refractivity contribution in [3.8, 4) is 0 Å². The number of guanidine groups is 1. The van der Waals surface area contributed by atoms with Crippen LogP contribution in [0.2, 0.25) is 0 Å². The van der Waals surface area contributed by atoms with E-state index in [0.29, 0.717) is 6.54 Å². The predicted octanol–water partition coefficient (Wildman–Crippen LogP) is 1.94. The van der Waals surface area contributed by atoms with E-state index in [2.05, 4.69) is 20.9 Å². The Labute approximate surface area is 143 Å². The first kappa shape index (κ1) is 15.7. The van der Waals surface area contributed by atoms with Crippen LogP contribution in [0.5, 0.6) is 0 Å². The lowest BCUT2D eigenvalue weighted by molar-refractivity contribution is -0.129. The second-order valence-corrected chi connectivity index (χ2v) is 6.37. The highest BCUT2D eigenvalue weighted by Gasteiger charge is 2.49. The molecule has 1 amide bonds. The monoisotopic (exact) mass is 372 g/mol. The van der Waals surface area contributed by atoms with Gasteiger partial charge in [0.25, 0.3) is 5.91 Å². The summed E-state index contributed by atoms with van der Waals surface area (Å²) >= 11 is 3.46. The van der Waals surface area contributed by atoms with Crippen LogP contribution in [0.25, 0.3) is 0 Å². The fraction of sp³-hybridized carbons (Fsp3) is 0.176. The standard InChI is InChI=1S/C17H17BrN4O/c1-22-15(23)17(21-16(22)20,13-3-2-4-14(18)9-13)12-7-5-11(10-19)6-8-12/h2-9H,10,19H2,1H3,(H2,20,21). The fourth-order valence-corrected chi connectivity index (χ4v) is 3.18. The van der Waals surface area contributed by atoms with Crippen molar-refractivity contribution in [3.05, 3.63) is 69.7 Å². The number of likely N-dealkylation sites (N-methyl/N-ethyl adjacent to an activating group) is 1. The number of amides is 1. The van der Waals surface area contributed by atoms with Crippen molar-refractivity contribution >= 4 is 27.8 Å². The van der Waals surface area contributed by atoms with Gasteiger partial charge in [0.15, 0.2) is 11.5 Å². The lowest BCUT2D eigenvalue weighted by atomic mass is 9.82. The third-order valence-electron chi connectivity index (χ3n) is 4.09. The molecular formula is C17H17BrN4O. The summed E-state index contributed by atoms with van der Waals surface area (Å²) in [5.41, 5.74) is 13.0. The van der Waals surface area contributed by atoms with Gasteiger partial charge in [-0.25, -0.2) is 4.99 Å². The van der Waals surface area contributed by atoms with Crippen LogP contribution < -0.4 is 11.5 Å². The Morgan fingerprint density at radius 3 is 2.39 bits per heavy atom. The number of benzene rings is 2. The minimum absolute atomic E-state index is 0.173. The van der Waals surface area contributed by atoms with Crippen LogP contribution in [-0.4, -0.2) is 23.8 Å². The minimum atomic E-state index is -1.16. The van der Waals surface area contributed by atoms with Crippen LogP contribution in [0.1, 0.15) is 16.7 Å². The molecule has 0 fully saturated rings. The highest BCUT2D eigenvalue weighted by molar-refractivity contribution is 9.10. The number of carbonyl (C=O) groups is 1. The SMILES string of the molecule is CN1C(=O)C(c2ccc(CN)cc2)(c2cccc(Br)c2)N=C1N. The first-order valence-electron chi connectivity index (χ1n) is 7.18. The summed E-state index contributed by atoms with van der Waals surface area (Å²) in [4.78, 5) is 18.9. The molecule has 2 aromatic rings. The molecular weight excluding hydrogens is 356 g/mol. The number of hydrogen-bond acceptors (Lipinski definition) is 4. The van der Waals surface area contributed by atoms with Gasteiger partial charge >= 0.3 is 0 Å². The first-order valence-corrected chi connectivity index (χ1v) is 7.97. The van der Waals surface area contributed by atoms with Gasteiger partial charge in [-0.3, -0.25) is 9.69 Å². The average Bonchev–Trinajstić information content (AvgIpc) is 2.80. The van der Waals surface area contributed by atoms with Gasteiger partial charge in [0.1, 0.15) is 0 Å². The molecule has 0 saturated carbocycles. The van der Waals surface area contributed by atoms with Crippen molar-refractivity contribution in [1.29, 1.82) is 0 Å². The van der Waals surface area contributed by atoms with E-state index in [9.17, 15) is 4.79 Å². The van der Waals surface area contributed by atoms with Gasteiger partial charge in [-0.05, 0) is 28.8 Å². The number of hydrogen-bond donors (Lipinski definition) is 2. The molecule has 3 rings (SSSR count). The van der Waals surface area contributed by atoms with E-state index in [4.69, 9.17) is 11.5 Å². The van der Waals surface area contributed by atoms with E-state index in [0.717, 1.165) is 21.2 Å². The van der Waals surface area contributed by atoms with Crippen LogP contribution in [0, 0.1) is 0 Å². The molecule has 1 aliphatic rings. The maximum atomic E-state index is 13.0. The molecule has 1 unspecified atom stereocenters. The summed E-state index contributed by atoms with van der Waals surface area (Å²) in [6.07, 6.45) is 0. The Morgan fingerprint density at radius 2 is 1.87 bits per heavy atom. The molecule has 4 N–H and O–H groups in total. The molecule has 1 heterocycles. The molecule has 0 spiro atoms. The highest BCUT2D eigenvalue weighted by Crippen LogP contribution is 2.40. The molecule has 0 aliphatic carbocycles. The quantitative estimate of drug-likeness (QED) is 0.863.